The first kappa shape index (κ1) is 16.4. The Kier molecular flexibility index (Phi) is 4.24. The zero-order valence-corrected chi connectivity index (χ0v) is 14.3. The number of halogens is 1. The SMILES string of the molecule is COc1cc2cc3[n+](cc2cc1OC)CCc1cc(O)ccc1-3.[Cl-]. The van der Waals surface area contributed by atoms with Gasteiger partial charge in [0, 0.05) is 23.4 Å². The van der Waals surface area contributed by atoms with Crippen molar-refractivity contribution in [3.8, 4) is 28.5 Å². The van der Waals surface area contributed by atoms with E-state index in [1.807, 2.05) is 24.3 Å². The minimum absolute atomic E-state index is 0. The lowest BCUT2D eigenvalue weighted by atomic mass is 9.95. The van der Waals surface area contributed by atoms with Gasteiger partial charge in [0.05, 0.1) is 14.2 Å². The standard InChI is InChI=1S/C19H17NO3.ClH/c1-22-18-9-13-8-17-16-4-3-15(21)7-12(16)5-6-20(17)11-14(13)10-19(18)23-2;/h3-4,7-11H,5-6H2,1-2H3;1H. The Labute approximate surface area is 146 Å². The van der Waals surface area contributed by atoms with Crippen molar-refractivity contribution in [3.63, 3.8) is 0 Å². The van der Waals surface area contributed by atoms with Gasteiger partial charge in [0.15, 0.2) is 24.2 Å². The van der Waals surface area contributed by atoms with E-state index < -0.39 is 0 Å². The topological polar surface area (TPSA) is 42.6 Å². The molecule has 0 aliphatic carbocycles. The van der Waals surface area contributed by atoms with Crippen molar-refractivity contribution < 1.29 is 31.6 Å². The quantitative estimate of drug-likeness (QED) is 0.670. The minimum atomic E-state index is 0. The van der Waals surface area contributed by atoms with Crippen LogP contribution in [-0.2, 0) is 13.0 Å². The second kappa shape index (κ2) is 6.21. The number of nitrogens with zero attached hydrogens (tertiary/aromatic N) is 1. The van der Waals surface area contributed by atoms with Gasteiger partial charge in [-0.15, -0.1) is 0 Å². The van der Waals surface area contributed by atoms with Crippen LogP contribution in [0, 0.1) is 0 Å². The number of aromatic nitrogens is 1. The average molecular weight is 344 g/mol. The van der Waals surface area contributed by atoms with E-state index in [0.29, 0.717) is 5.75 Å². The highest BCUT2D eigenvalue weighted by Crippen LogP contribution is 2.35. The van der Waals surface area contributed by atoms with Gasteiger partial charge in [-0.25, -0.2) is 0 Å². The summed E-state index contributed by atoms with van der Waals surface area (Å²) in [7, 11) is 3.30. The minimum Gasteiger partial charge on any atom is -1.00 e. The first-order valence-electron chi connectivity index (χ1n) is 7.61. The highest BCUT2D eigenvalue weighted by atomic mass is 35.5. The molecule has 2 heterocycles. The summed E-state index contributed by atoms with van der Waals surface area (Å²) in [5.74, 6) is 1.79. The van der Waals surface area contributed by atoms with E-state index in [-0.39, 0.29) is 12.4 Å². The largest absolute Gasteiger partial charge is 1.00 e. The molecule has 0 saturated heterocycles. The molecule has 5 heteroatoms. The third kappa shape index (κ3) is 2.53. The lowest BCUT2D eigenvalue weighted by Crippen LogP contribution is -3.00. The maximum atomic E-state index is 9.70. The molecule has 0 bridgehead atoms. The Hall–Kier alpha value is -2.46. The number of hydrogen-bond donors (Lipinski definition) is 1. The number of aromatic hydroxyl groups is 1. The fourth-order valence-electron chi connectivity index (χ4n) is 3.31. The van der Waals surface area contributed by atoms with Crippen LogP contribution in [0.5, 0.6) is 17.2 Å². The summed E-state index contributed by atoms with van der Waals surface area (Å²) < 4.78 is 13.1. The van der Waals surface area contributed by atoms with E-state index in [2.05, 4.69) is 16.8 Å². The molecule has 0 fully saturated rings. The molecule has 4 rings (SSSR count). The Balaban J connectivity index is 0.00000169. The van der Waals surface area contributed by atoms with Crippen LogP contribution in [0.1, 0.15) is 5.56 Å². The second-order valence-corrected chi connectivity index (χ2v) is 5.78. The third-order valence-electron chi connectivity index (χ3n) is 4.47. The van der Waals surface area contributed by atoms with Crippen molar-refractivity contribution in [3.05, 3.63) is 48.2 Å². The molecule has 1 N–H and O–H groups in total. The molecule has 0 saturated carbocycles. The first-order valence-corrected chi connectivity index (χ1v) is 7.61. The van der Waals surface area contributed by atoms with Gasteiger partial charge in [0.25, 0.3) is 0 Å². The van der Waals surface area contributed by atoms with Gasteiger partial charge in [-0.05, 0) is 41.3 Å². The smallest absolute Gasteiger partial charge is 0.213 e. The van der Waals surface area contributed by atoms with Gasteiger partial charge in [-0.2, -0.15) is 4.57 Å². The summed E-state index contributed by atoms with van der Waals surface area (Å²) in [6.07, 6.45) is 3.07. The van der Waals surface area contributed by atoms with Gasteiger partial charge >= 0.3 is 0 Å². The molecule has 0 radical (unpaired) electrons. The molecule has 0 spiro atoms. The number of phenols is 1. The number of hydrogen-bond acceptors (Lipinski definition) is 3. The van der Waals surface area contributed by atoms with Crippen LogP contribution in [0.3, 0.4) is 0 Å². The van der Waals surface area contributed by atoms with Crippen LogP contribution in [0.25, 0.3) is 22.0 Å². The lowest BCUT2D eigenvalue weighted by molar-refractivity contribution is -0.686. The number of aryl methyl sites for hydroxylation is 2. The summed E-state index contributed by atoms with van der Waals surface area (Å²) in [4.78, 5) is 0. The number of fused-ring (bicyclic) bond motifs is 4. The van der Waals surface area contributed by atoms with Crippen molar-refractivity contribution in [2.24, 2.45) is 0 Å². The molecule has 1 aliphatic heterocycles. The molecule has 0 amide bonds. The molecule has 24 heavy (non-hydrogen) atoms. The van der Waals surface area contributed by atoms with E-state index in [1.54, 1.807) is 20.3 Å². The first-order chi connectivity index (χ1) is 11.2. The van der Waals surface area contributed by atoms with Gasteiger partial charge in [-0.1, -0.05) is 0 Å². The van der Waals surface area contributed by atoms with Crippen LogP contribution in [0.15, 0.2) is 42.6 Å². The average Bonchev–Trinajstić information content (AvgIpc) is 2.58. The molecule has 4 nitrogen and oxygen atoms in total. The number of phenolic OH excluding ortho intramolecular Hbond substituents is 1. The number of pyridine rings is 1. The summed E-state index contributed by atoms with van der Waals surface area (Å²) in [6.45, 7) is 0.899. The molecule has 2 aromatic carbocycles. The van der Waals surface area contributed by atoms with Gasteiger partial charge in [-0.3, -0.25) is 0 Å². The molecule has 1 aromatic heterocycles. The maximum Gasteiger partial charge on any atom is 0.213 e. The second-order valence-electron chi connectivity index (χ2n) is 5.78. The summed E-state index contributed by atoms with van der Waals surface area (Å²) in [6, 6.07) is 11.8. The fraction of sp³-hybridized carbons (Fsp3) is 0.211. The van der Waals surface area contributed by atoms with Crippen LogP contribution in [-0.4, -0.2) is 19.3 Å². The van der Waals surface area contributed by atoms with Gasteiger partial charge in [0.2, 0.25) is 5.69 Å². The van der Waals surface area contributed by atoms with E-state index in [0.717, 1.165) is 40.9 Å². The van der Waals surface area contributed by atoms with Gasteiger partial charge in [0.1, 0.15) is 5.75 Å². The Morgan fingerprint density at radius 2 is 1.67 bits per heavy atom. The van der Waals surface area contributed by atoms with Crippen molar-refractivity contribution in [1.29, 1.82) is 0 Å². The summed E-state index contributed by atoms with van der Waals surface area (Å²) >= 11 is 0. The maximum absolute atomic E-state index is 9.70. The molecule has 0 atom stereocenters. The van der Waals surface area contributed by atoms with Crippen LogP contribution in [0.4, 0.5) is 0 Å². The van der Waals surface area contributed by atoms with Crippen molar-refractivity contribution in [2.45, 2.75) is 13.0 Å². The molecular weight excluding hydrogens is 326 g/mol. The number of rotatable bonds is 2. The van der Waals surface area contributed by atoms with E-state index >= 15 is 0 Å². The van der Waals surface area contributed by atoms with Crippen molar-refractivity contribution in [1.82, 2.24) is 0 Å². The predicted molar refractivity (Wildman–Crippen MR) is 88.1 cm³/mol. The highest BCUT2D eigenvalue weighted by Gasteiger charge is 2.24. The number of ether oxygens (including phenoxy) is 2. The van der Waals surface area contributed by atoms with Gasteiger partial charge < -0.3 is 27.0 Å². The van der Waals surface area contributed by atoms with Crippen LogP contribution >= 0.6 is 0 Å². The van der Waals surface area contributed by atoms with Crippen LogP contribution in [0.2, 0.25) is 0 Å². The normalized spacial score (nSPS) is 12.1. The number of methoxy groups -OCH3 is 2. The van der Waals surface area contributed by atoms with E-state index in [4.69, 9.17) is 9.47 Å². The fourth-order valence-corrected chi connectivity index (χ4v) is 3.31. The Bertz CT molecular complexity index is 924. The van der Waals surface area contributed by atoms with Crippen LogP contribution < -0.4 is 26.4 Å². The van der Waals surface area contributed by atoms with E-state index in [1.165, 1.54) is 11.1 Å². The predicted octanol–water partition coefficient (Wildman–Crippen LogP) is 0.0772. The Morgan fingerprint density at radius 3 is 2.38 bits per heavy atom. The molecule has 0 unspecified atom stereocenters. The number of benzene rings is 2. The molecule has 3 aromatic rings. The Morgan fingerprint density at radius 1 is 0.958 bits per heavy atom. The monoisotopic (exact) mass is 343 g/mol. The lowest BCUT2D eigenvalue weighted by Gasteiger charge is -2.16. The van der Waals surface area contributed by atoms with Crippen molar-refractivity contribution in [2.75, 3.05) is 14.2 Å². The highest BCUT2D eigenvalue weighted by molar-refractivity contribution is 5.87. The summed E-state index contributed by atoms with van der Waals surface area (Å²) in [5, 5.41) is 11.9. The summed E-state index contributed by atoms with van der Waals surface area (Å²) in [5.41, 5.74) is 3.52. The zero-order valence-electron chi connectivity index (χ0n) is 13.5. The van der Waals surface area contributed by atoms with Crippen molar-refractivity contribution >= 4 is 10.8 Å². The molecule has 1 aliphatic rings. The van der Waals surface area contributed by atoms with E-state index in [9.17, 15) is 5.11 Å². The molecule has 124 valence electrons. The zero-order chi connectivity index (χ0) is 16.0. The third-order valence-corrected chi connectivity index (χ3v) is 4.47. The molecular formula is C19H18ClNO3.